The molecule has 54 valence electrons. The monoisotopic (exact) mass is 141 g/mol. The van der Waals surface area contributed by atoms with Gasteiger partial charge in [0, 0.05) is 14.1 Å². The number of hydrogen-bond donors (Lipinski definition) is 1. The molecule has 0 bridgehead atoms. The molecular formula is C4H7N5O. The first-order valence-corrected chi connectivity index (χ1v) is 2.45. The molecule has 0 heterocycles. The van der Waals surface area contributed by atoms with Crippen molar-refractivity contribution in [3.05, 3.63) is 4.91 Å². The summed E-state index contributed by atoms with van der Waals surface area (Å²) in [4.78, 5) is 13.4. The van der Waals surface area contributed by atoms with Crippen molar-refractivity contribution in [1.29, 1.82) is 5.26 Å². The fourth-order valence-corrected chi connectivity index (χ4v) is 0.370. The number of aliphatic imine (C=N–C) groups is 1. The van der Waals surface area contributed by atoms with Crippen LogP contribution >= 0.6 is 0 Å². The maximum Gasteiger partial charge on any atom is 0.230 e. The third-order valence-electron chi connectivity index (χ3n) is 0.809. The van der Waals surface area contributed by atoms with Crippen molar-refractivity contribution >= 4 is 5.96 Å². The van der Waals surface area contributed by atoms with Crippen molar-refractivity contribution in [3.63, 3.8) is 0 Å². The molecule has 0 saturated heterocycles. The van der Waals surface area contributed by atoms with Gasteiger partial charge in [0.25, 0.3) is 0 Å². The van der Waals surface area contributed by atoms with E-state index in [9.17, 15) is 4.91 Å². The maximum atomic E-state index is 9.83. The van der Waals surface area contributed by atoms with Gasteiger partial charge in [0.2, 0.25) is 5.96 Å². The van der Waals surface area contributed by atoms with E-state index in [-0.39, 0.29) is 5.96 Å². The fourth-order valence-electron chi connectivity index (χ4n) is 0.370. The summed E-state index contributed by atoms with van der Waals surface area (Å²) >= 11 is 0. The minimum Gasteiger partial charge on any atom is -0.261 e. The van der Waals surface area contributed by atoms with Crippen LogP contribution in [0.25, 0.3) is 0 Å². The largest absolute Gasteiger partial charge is 0.261 e. The number of guanidine groups is 1. The number of hydrogen-bond acceptors (Lipinski definition) is 4. The highest BCUT2D eigenvalue weighted by atomic mass is 16.3. The molecule has 0 spiro atoms. The molecular weight excluding hydrogens is 134 g/mol. The van der Waals surface area contributed by atoms with E-state index in [2.05, 4.69) is 15.6 Å². The van der Waals surface area contributed by atoms with Gasteiger partial charge in [-0.3, -0.25) is 10.3 Å². The Bertz CT molecular complexity index is 181. The average Bonchev–Trinajstić information content (AvgIpc) is 1.99. The predicted molar refractivity (Wildman–Crippen MR) is 35.7 cm³/mol. The Morgan fingerprint density at radius 1 is 1.80 bits per heavy atom. The van der Waals surface area contributed by atoms with E-state index in [1.807, 2.05) is 0 Å². The van der Waals surface area contributed by atoms with Crippen LogP contribution in [0.2, 0.25) is 0 Å². The van der Waals surface area contributed by atoms with Crippen molar-refractivity contribution in [2.24, 2.45) is 10.3 Å². The minimum atomic E-state index is 0.123. The van der Waals surface area contributed by atoms with Gasteiger partial charge in [-0.15, -0.1) is 4.91 Å². The Kier molecular flexibility index (Phi) is 3.56. The number of nitrogens with zero attached hydrogens (tertiary/aromatic N) is 4. The number of nitrogens with one attached hydrogen (secondary N) is 1. The van der Waals surface area contributed by atoms with Gasteiger partial charge in [0.05, 0.1) is 5.29 Å². The lowest BCUT2D eigenvalue weighted by molar-refractivity contribution is 0.520. The first-order chi connectivity index (χ1) is 4.76. The van der Waals surface area contributed by atoms with Crippen LogP contribution in [-0.4, -0.2) is 25.1 Å². The molecule has 6 nitrogen and oxygen atoms in total. The lowest BCUT2D eigenvalue weighted by Gasteiger charge is -2.07. The van der Waals surface area contributed by atoms with Crippen LogP contribution in [0.4, 0.5) is 0 Å². The highest BCUT2D eigenvalue weighted by Gasteiger charge is 2.01. The van der Waals surface area contributed by atoms with E-state index in [1.165, 1.54) is 14.1 Å². The third kappa shape index (κ3) is 2.09. The molecule has 0 fully saturated rings. The van der Waals surface area contributed by atoms with Crippen LogP contribution < -0.4 is 5.32 Å². The second-order valence-electron chi connectivity index (χ2n) is 1.39. The zero-order chi connectivity index (χ0) is 7.98. The number of nitroso groups, excluding NO2 is 1. The van der Waals surface area contributed by atoms with Gasteiger partial charge < -0.3 is 0 Å². The van der Waals surface area contributed by atoms with Gasteiger partial charge in [0.1, 0.15) is 0 Å². The molecule has 0 aliphatic rings. The van der Waals surface area contributed by atoms with Gasteiger partial charge in [0.15, 0.2) is 6.19 Å². The Morgan fingerprint density at radius 2 is 2.40 bits per heavy atom. The molecule has 0 atom stereocenters. The lowest BCUT2D eigenvalue weighted by atomic mass is 10.8. The molecule has 0 saturated carbocycles. The van der Waals surface area contributed by atoms with Gasteiger partial charge in [-0.25, -0.2) is 0 Å². The van der Waals surface area contributed by atoms with E-state index in [1.54, 1.807) is 6.19 Å². The average molecular weight is 141 g/mol. The molecule has 0 aromatic carbocycles. The van der Waals surface area contributed by atoms with Crippen molar-refractivity contribution in [3.8, 4) is 6.19 Å². The van der Waals surface area contributed by atoms with Crippen LogP contribution in [0, 0.1) is 16.4 Å². The summed E-state index contributed by atoms with van der Waals surface area (Å²) < 4.78 is 0. The SMILES string of the molecule is CN=C(NC#N)N(C)N=O. The smallest absolute Gasteiger partial charge is 0.230 e. The first-order valence-electron chi connectivity index (χ1n) is 2.45. The van der Waals surface area contributed by atoms with Crippen LogP contribution in [0.5, 0.6) is 0 Å². The van der Waals surface area contributed by atoms with Gasteiger partial charge in [-0.05, 0) is 0 Å². The molecule has 1 N–H and O–H groups in total. The summed E-state index contributed by atoms with van der Waals surface area (Å²) in [6, 6.07) is 0. The third-order valence-corrected chi connectivity index (χ3v) is 0.809. The summed E-state index contributed by atoms with van der Waals surface area (Å²) in [5.41, 5.74) is 0. The first kappa shape index (κ1) is 8.36. The van der Waals surface area contributed by atoms with Crippen molar-refractivity contribution < 1.29 is 0 Å². The second kappa shape index (κ2) is 4.26. The van der Waals surface area contributed by atoms with Gasteiger partial charge in [-0.1, -0.05) is 0 Å². The molecule has 0 aliphatic carbocycles. The van der Waals surface area contributed by atoms with E-state index >= 15 is 0 Å². The Hall–Kier alpha value is -1.64. The maximum absolute atomic E-state index is 9.83. The topological polar surface area (TPSA) is 80.8 Å². The zero-order valence-electron chi connectivity index (χ0n) is 5.70. The fraction of sp³-hybridized carbons (Fsp3) is 0.500. The molecule has 0 aliphatic heterocycles. The molecule has 6 heteroatoms. The standard InChI is InChI=1S/C4H7N5O/c1-6-4(7-3-5)9(2)8-10/h1-2H3,(H,6,7). The summed E-state index contributed by atoms with van der Waals surface area (Å²) in [5.74, 6) is 0.123. The normalized spacial score (nSPS) is 9.90. The summed E-state index contributed by atoms with van der Waals surface area (Å²) in [6.45, 7) is 0. The molecule has 0 rings (SSSR count). The number of nitriles is 1. The molecule has 0 aromatic rings. The lowest BCUT2D eigenvalue weighted by Crippen LogP contribution is -2.32. The highest BCUT2D eigenvalue weighted by Crippen LogP contribution is 1.82. The number of rotatable bonds is 1. The molecule has 10 heavy (non-hydrogen) atoms. The molecule has 0 radical (unpaired) electrons. The second-order valence-corrected chi connectivity index (χ2v) is 1.39. The van der Waals surface area contributed by atoms with E-state index < -0.39 is 0 Å². The van der Waals surface area contributed by atoms with Crippen LogP contribution in [0.15, 0.2) is 10.3 Å². The van der Waals surface area contributed by atoms with E-state index in [0.717, 1.165) is 5.01 Å². The molecule has 0 amide bonds. The summed E-state index contributed by atoms with van der Waals surface area (Å²) in [7, 11) is 2.83. The van der Waals surface area contributed by atoms with Crippen molar-refractivity contribution in [2.45, 2.75) is 0 Å². The Balaban J connectivity index is 4.10. The van der Waals surface area contributed by atoms with Gasteiger partial charge in [-0.2, -0.15) is 10.3 Å². The van der Waals surface area contributed by atoms with Crippen molar-refractivity contribution in [1.82, 2.24) is 10.3 Å². The highest BCUT2D eigenvalue weighted by molar-refractivity contribution is 5.80. The van der Waals surface area contributed by atoms with Crippen LogP contribution in [0.3, 0.4) is 0 Å². The molecule has 0 aromatic heterocycles. The predicted octanol–water partition coefficient (Wildman–Crippen LogP) is -0.344. The van der Waals surface area contributed by atoms with Crippen molar-refractivity contribution in [2.75, 3.05) is 14.1 Å². The summed E-state index contributed by atoms with van der Waals surface area (Å²) in [6.07, 6.45) is 1.61. The molecule has 0 unspecified atom stereocenters. The van der Waals surface area contributed by atoms with Crippen LogP contribution in [-0.2, 0) is 0 Å². The van der Waals surface area contributed by atoms with E-state index in [0.29, 0.717) is 0 Å². The van der Waals surface area contributed by atoms with E-state index in [4.69, 9.17) is 5.26 Å². The quantitative estimate of drug-likeness (QED) is 0.135. The summed E-state index contributed by atoms with van der Waals surface area (Å²) in [5, 5.41) is 13.7. The van der Waals surface area contributed by atoms with Crippen LogP contribution in [0.1, 0.15) is 0 Å². The minimum absolute atomic E-state index is 0.123. The Morgan fingerprint density at radius 3 is 2.70 bits per heavy atom. The van der Waals surface area contributed by atoms with Gasteiger partial charge >= 0.3 is 0 Å². The Labute approximate surface area is 58.1 Å². The zero-order valence-corrected chi connectivity index (χ0v) is 5.70.